The summed E-state index contributed by atoms with van der Waals surface area (Å²) in [5.74, 6) is -0.583. The minimum atomic E-state index is -0.829. The second-order valence-corrected chi connectivity index (χ2v) is 5.29. The molecular formula is C14H25NO3. The van der Waals surface area contributed by atoms with Crippen LogP contribution in [-0.4, -0.2) is 23.5 Å². The van der Waals surface area contributed by atoms with Crippen LogP contribution in [0.2, 0.25) is 0 Å². The molecule has 18 heavy (non-hydrogen) atoms. The molecule has 4 nitrogen and oxygen atoms in total. The van der Waals surface area contributed by atoms with Gasteiger partial charge in [-0.05, 0) is 18.8 Å². The third-order valence-corrected chi connectivity index (χ3v) is 3.89. The SMILES string of the molecule is CCC(CNC(=O)CCC1CCCCC1)C(=O)O. The second-order valence-electron chi connectivity index (χ2n) is 5.29. The molecule has 0 spiro atoms. The van der Waals surface area contributed by atoms with Crippen molar-refractivity contribution in [3.63, 3.8) is 0 Å². The fourth-order valence-corrected chi connectivity index (χ4v) is 2.54. The van der Waals surface area contributed by atoms with E-state index in [1.807, 2.05) is 6.92 Å². The summed E-state index contributed by atoms with van der Waals surface area (Å²) in [6.45, 7) is 2.09. The van der Waals surface area contributed by atoms with Crippen molar-refractivity contribution in [2.45, 2.75) is 58.3 Å². The van der Waals surface area contributed by atoms with Gasteiger partial charge in [-0.1, -0.05) is 39.0 Å². The molecule has 4 heteroatoms. The average Bonchev–Trinajstić information content (AvgIpc) is 2.38. The number of carboxylic acid groups (broad SMARTS) is 1. The molecule has 1 amide bonds. The van der Waals surface area contributed by atoms with Crippen molar-refractivity contribution < 1.29 is 14.7 Å². The first kappa shape index (κ1) is 15.0. The third kappa shape index (κ3) is 5.52. The largest absolute Gasteiger partial charge is 0.481 e. The number of aliphatic carboxylic acids is 1. The molecule has 1 fully saturated rings. The van der Waals surface area contributed by atoms with E-state index >= 15 is 0 Å². The van der Waals surface area contributed by atoms with E-state index in [0.717, 1.165) is 6.42 Å². The number of nitrogens with one attached hydrogen (secondary N) is 1. The summed E-state index contributed by atoms with van der Waals surface area (Å²) < 4.78 is 0. The van der Waals surface area contributed by atoms with Crippen molar-refractivity contribution in [2.24, 2.45) is 11.8 Å². The Morgan fingerprint density at radius 2 is 1.94 bits per heavy atom. The highest BCUT2D eigenvalue weighted by molar-refractivity contribution is 5.77. The zero-order valence-electron chi connectivity index (χ0n) is 11.3. The Morgan fingerprint density at radius 3 is 2.50 bits per heavy atom. The van der Waals surface area contributed by atoms with Gasteiger partial charge in [0.2, 0.25) is 5.91 Å². The van der Waals surface area contributed by atoms with Crippen molar-refractivity contribution in [3.05, 3.63) is 0 Å². The maximum Gasteiger partial charge on any atom is 0.308 e. The number of hydrogen-bond donors (Lipinski definition) is 2. The lowest BCUT2D eigenvalue weighted by Crippen LogP contribution is -2.32. The van der Waals surface area contributed by atoms with Gasteiger partial charge in [-0.3, -0.25) is 9.59 Å². The summed E-state index contributed by atoms with van der Waals surface area (Å²) in [6.07, 6.45) is 8.47. The molecule has 0 bridgehead atoms. The van der Waals surface area contributed by atoms with Gasteiger partial charge >= 0.3 is 5.97 Å². The van der Waals surface area contributed by atoms with E-state index in [1.54, 1.807) is 0 Å². The second kappa shape index (κ2) is 8.11. The average molecular weight is 255 g/mol. The molecule has 0 aromatic carbocycles. The third-order valence-electron chi connectivity index (χ3n) is 3.89. The van der Waals surface area contributed by atoms with E-state index in [4.69, 9.17) is 5.11 Å². The quantitative estimate of drug-likeness (QED) is 0.734. The van der Waals surface area contributed by atoms with Gasteiger partial charge in [0.1, 0.15) is 0 Å². The van der Waals surface area contributed by atoms with Crippen molar-refractivity contribution >= 4 is 11.9 Å². The van der Waals surface area contributed by atoms with Crippen LogP contribution in [0, 0.1) is 11.8 Å². The number of carboxylic acids is 1. The minimum Gasteiger partial charge on any atom is -0.481 e. The number of hydrogen-bond acceptors (Lipinski definition) is 2. The monoisotopic (exact) mass is 255 g/mol. The molecule has 1 atom stereocenters. The zero-order chi connectivity index (χ0) is 13.4. The van der Waals surface area contributed by atoms with E-state index in [0.29, 0.717) is 18.8 Å². The number of rotatable bonds is 7. The van der Waals surface area contributed by atoms with Gasteiger partial charge < -0.3 is 10.4 Å². The van der Waals surface area contributed by atoms with Gasteiger partial charge in [-0.2, -0.15) is 0 Å². The van der Waals surface area contributed by atoms with Crippen LogP contribution >= 0.6 is 0 Å². The highest BCUT2D eigenvalue weighted by atomic mass is 16.4. The molecule has 0 aliphatic heterocycles. The minimum absolute atomic E-state index is 0.000253. The van der Waals surface area contributed by atoms with Crippen molar-refractivity contribution in [3.8, 4) is 0 Å². The summed E-state index contributed by atoms with van der Waals surface area (Å²) in [7, 11) is 0. The summed E-state index contributed by atoms with van der Waals surface area (Å²) in [6, 6.07) is 0. The maximum atomic E-state index is 11.6. The Labute approximate surface area is 109 Å². The van der Waals surface area contributed by atoms with Crippen LogP contribution in [0.3, 0.4) is 0 Å². The van der Waals surface area contributed by atoms with Gasteiger partial charge in [-0.15, -0.1) is 0 Å². The predicted octanol–water partition coefficient (Wildman–Crippen LogP) is 2.57. The molecule has 104 valence electrons. The summed E-state index contributed by atoms with van der Waals surface area (Å²) >= 11 is 0. The lowest BCUT2D eigenvalue weighted by atomic mass is 9.86. The van der Waals surface area contributed by atoms with Crippen LogP contribution in [0.5, 0.6) is 0 Å². The van der Waals surface area contributed by atoms with Crippen LogP contribution in [0.25, 0.3) is 0 Å². The number of carbonyl (C=O) groups excluding carboxylic acids is 1. The molecule has 2 N–H and O–H groups in total. The van der Waals surface area contributed by atoms with Crippen molar-refractivity contribution in [1.29, 1.82) is 0 Å². The first-order chi connectivity index (χ1) is 8.63. The topological polar surface area (TPSA) is 66.4 Å². The van der Waals surface area contributed by atoms with Gasteiger partial charge in [0.05, 0.1) is 5.92 Å². The Bertz CT molecular complexity index is 272. The van der Waals surface area contributed by atoms with Crippen LogP contribution in [0.15, 0.2) is 0 Å². The smallest absolute Gasteiger partial charge is 0.308 e. The molecular weight excluding hydrogens is 230 g/mol. The number of amides is 1. The number of carbonyl (C=O) groups is 2. The van der Waals surface area contributed by atoms with E-state index in [9.17, 15) is 9.59 Å². The Hall–Kier alpha value is -1.06. The lowest BCUT2D eigenvalue weighted by molar-refractivity contribution is -0.141. The highest BCUT2D eigenvalue weighted by Crippen LogP contribution is 2.27. The fraction of sp³-hybridized carbons (Fsp3) is 0.857. The molecule has 0 heterocycles. The van der Waals surface area contributed by atoms with Crippen LogP contribution < -0.4 is 5.32 Å². The lowest BCUT2D eigenvalue weighted by Gasteiger charge is -2.21. The van der Waals surface area contributed by atoms with E-state index < -0.39 is 11.9 Å². The molecule has 0 aromatic heterocycles. The fourth-order valence-electron chi connectivity index (χ4n) is 2.54. The van der Waals surface area contributed by atoms with Crippen LogP contribution in [0.1, 0.15) is 58.3 Å². The molecule has 0 saturated heterocycles. The zero-order valence-corrected chi connectivity index (χ0v) is 11.3. The normalized spacial score (nSPS) is 18.3. The molecule has 0 radical (unpaired) electrons. The van der Waals surface area contributed by atoms with E-state index in [2.05, 4.69) is 5.32 Å². The Kier molecular flexibility index (Phi) is 6.76. The van der Waals surface area contributed by atoms with Gasteiger partial charge in [0, 0.05) is 13.0 Å². The molecule has 1 saturated carbocycles. The first-order valence-corrected chi connectivity index (χ1v) is 7.13. The van der Waals surface area contributed by atoms with Gasteiger partial charge in [-0.25, -0.2) is 0 Å². The molecule has 1 aliphatic carbocycles. The van der Waals surface area contributed by atoms with Crippen molar-refractivity contribution in [1.82, 2.24) is 5.32 Å². The molecule has 1 unspecified atom stereocenters. The summed E-state index contributed by atoms with van der Waals surface area (Å²) in [4.78, 5) is 22.4. The van der Waals surface area contributed by atoms with Crippen molar-refractivity contribution in [2.75, 3.05) is 6.54 Å². The molecule has 1 aliphatic rings. The van der Waals surface area contributed by atoms with Gasteiger partial charge in [0.15, 0.2) is 0 Å². The van der Waals surface area contributed by atoms with Gasteiger partial charge in [0.25, 0.3) is 0 Å². The summed E-state index contributed by atoms with van der Waals surface area (Å²) in [5, 5.41) is 11.6. The summed E-state index contributed by atoms with van der Waals surface area (Å²) in [5.41, 5.74) is 0. The highest BCUT2D eigenvalue weighted by Gasteiger charge is 2.17. The standard InChI is InChI=1S/C14H25NO3/c1-2-12(14(17)18)10-15-13(16)9-8-11-6-4-3-5-7-11/h11-12H,2-10H2,1H3,(H,15,16)(H,17,18). The Morgan fingerprint density at radius 1 is 1.28 bits per heavy atom. The first-order valence-electron chi connectivity index (χ1n) is 7.13. The van der Waals surface area contributed by atoms with Crippen LogP contribution in [-0.2, 0) is 9.59 Å². The van der Waals surface area contributed by atoms with E-state index in [1.165, 1.54) is 32.1 Å². The Balaban J connectivity index is 2.14. The molecule has 0 aromatic rings. The van der Waals surface area contributed by atoms with Crippen LogP contribution in [0.4, 0.5) is 0 Å². The maximum absolute atomic E-state index is 11.6. The predicted molar refractivity (Wildman–Crippen MR) is 70.2 cm³/mol. The van der Waals surface area contributed by atoms with E-state index in [-0.39, 0.29) is 12.5 Å². The molecule has 1 rings (SSSR count).